The minimum absolute atomic E-state index is 0.00307. The van der Waals surface area contributed by atoms with Crippen LogP contribution in [0.3, 0.4) is 0 Å². The minimum atomic E-state index is -1.18. The number of fused-ring (bicyclic) bond motifs is 2. The zero-order valence-electron chi connectivity index (χ0n) is 16.5. The average molecular weight is 414 g/mol. The number of carbonyl (C=O) groups is 3. The monoisotopic (exact) mass is 414 g/mol. The van der Waals surface area contributed by atoms with Crippen molar-refractivity contribution in [2.45, 2.75) is 12.8 Å². The normalized spacial score (nSPS) is 12.0. The molecule has 0 unspecified atom stereocenters. The molecule has 0 fully saturated rings. The van der Waals surface area contributed by atoms with Crippen molar-refractivity contribution < 1.29 is 29.7 Å². The van der Waals surface area contributed by atoms with Gasteiger partial charge in [-0.1, -0.05) is 54.6 Å². The van der Waals surface area contributed by atoms with Gasteiger partial charge >= 0.3 is 17.9 Å². The molecule has 0 heterocycles. The Labute approximate surface area is 177 Å². The molecule has 0 aromatic heterocycles. The molecule has 0 aliphatic heterocycles. The van der Waals surface area contributed by atoms with Crippen LogP contribution in [0, 0.1) is 0 Å². The zero-order valence-corrected chi connectivity index (χ0v) is 16.5. The van der Waals surface area contributed by atoms with E-state index in [-0.39, 0.29) is 11.1 Å². The number of carboxylic acids is 3. The quantitative estimate of drug-likeness (QED) is 0.411. The van der Waals surface area contributed by atoms with Gasteiger partial charge in [-0.2, -0.15) is 0 Å². The molecule has 0 amide bonds. The third-order valence-electron chi connectivity index (χ3n) is 5.55. The topological polar surface area (TPSA) is 112 Å². The highest BCUT2D eigenvalue weighted by molar-refractivity contribution is 6.17. The maximum absolute atomic E-state index is 12.1. The zero-order chi connectivity index (χ0) is 22.3. The third kappa shape index (κ3) is 3.38. The molecule has 0 aliphatic carbocycles. The van der Waals surface area contributed by atoms with Crippen LogP contribution in [-0.4, -0.2) is 33.2 Å². The molecule has 0 spiro atoms. The molecular weight excluding hydrogens is 396 g/mol. The first-order chi connectivity index (χ1) is 14.8. The minimum Gasteiger partial charge on any atom is -0.481 e. The van der Waals surface area contributed by atoms with Gasteiger partial charge in [0, 0.05) is 11.1 Å². The second kappa shape index (κ2) is 7.57. The number of carboxylic acid groups (broad SMARTS) is 3. The Kier molecular flexibility index (Phi) is 4.91. The molecule has 0 aliphatic rings. The van der Waals surface area contributed by atoms with Crippen molar-refractivity contribution in [2.24, 2.45) is 0 Å². The number of hydrogen-bond acceptors (Lipinski definition) is 3. The van der Waals surface area contributed by atoms with Crippen LogP contribution in [0.25, 0.3) is 32.7 Å². The van der Waals surface area contributed by atoms with Crippen molar-refractivity contribution in [1.82, 2.24) is 0 Å². The second-order valence-corrected chi connectivity index (χ2v) is 7.35. The first-order valence-electron chi connectivity index (χ1n) is 9.57. The van der Waals surface area contributed by atoms with Crippen LogP contribution in [0.1, 0.15) is 39.1 Å². The van der Waals surface area contributed by atoms with Crippen LogP contribution < -0.4 is 0 Å². The molecule has 6 heteroatoms. The molecule has 4 aromatic carbocycles. The largest absolute Gasteiger partial charge is 0.481 e. The van der Waals surface area contributed by atoms with Gasteiger partial charge in [0.2, 0.25) is 0 Å². The summed E-state index contributed by atoms with van der Waals surface area (Å²) in [5, 5.41) is 31.6. The first kappa shape index (κ1) is 20.1. The third-order valence-corrected chi connectivity index (χ3v) is 5.55. The number of aliphatic carboxylic acids is 1. The molecule has 1 atom stereocenters. The highest BCUT2D eigenvalue weighted by Gasteiger charge is 2.23. The van der Waals surface area contributed by atoms with E-state index < -0.39 is 23.8 Å². The fourth-order valence-electron chi connectivity index (χ4n) is 3.93. The van der Waals surface area contributed by atoms with E-state index in [1.807, 2.05) is 12.1 Å². The molecule has 0 bridgehead atoms. The van der Waals surface area contributed by atoms with Crippen molar-refractivity contribution in [3.63, 3.8) is 0 Å². The van der Waals surface area contributed by atoms with Crippen molar-refractivity contribution in [3.05, 3.63) is 83.4 Å². The molecule has 4 rings (SSSR count). The van der Waals surface area contributed by atoms with Gasteiger partial charge in [-0.3, -0.25) is 4.79 Å². The Morgan fingerprint density at radius 2 is 1.23 bits per heavy atom. The Bertz CT molecular complexity index is 1390. The van der Waals surface area contributed by atoms with Crippen molar-refractivity contribution in [1.29, 1.82) is 0 Å². The van der Waals surface area contributed by atoms with Gasteiger partial charge in [0.25, 0.3) is 0 Å². The molecule has 6 nitrogen and oxygen atoms in total. The van der Waals surface area contributed by atoms with Gasteiger partial charge < -0.3 is 15.3 Å². The average Bonchev–Trinajstić information content (AvgIpc) is 2.76. The maximum atomic E-state index is 12.1. The van der Waals surface area contributed by atoms with Gasteiger partial charge in [0.05, 0.1) is 17.0 Å². The standard InChI is InChI=1S/C25H18O6/c1-13(23(26)27)15-7-9-18-16(12-15)8-11-20(25(30)31)22(18)21-17-5-3-2-4-14(17)6-10-19(21)24(28)29/h2-13H,1H3,(H,26,27)(H,28,29)(H,30,31)/t13-/m0/s1. The predicted molar refractivity (Wildman–Crippen MR) is 117 cm³/mol. The van der Waals surface area contributed by atoms with E-state index in [1.54, 1.807) is 49.4 Å². The van der Waals surface area contributed by atoms with Crippen LogP contribution in [0.5, 0.6) is 0 Å². The highest BCUT2D eigenvalue weighted by atomic mass is 16.4. The summed E-state index contributed by atoms with van der Waals surface area (Å²) < 4.78 is 0. The summed E-state index contributed by atoms with van der Waals surface area (Å²) in [6.07, 6.45) is 0. The van der Waals surface area contributed by atoms with Gasteiger partial charge in [0.1, 0.15) is 0 Å². The molecule has 3 N–H and O–H groups in total. The summed E-state index contributed by atoms with van der Waals surface area (Å²) in [7, 11) is 0. The van der Waals surface area contributed by atoms with E-state index in [4.69, 9.17) is 0 Å². The number of benzene rings is 4. The number of rotatable bonds is 5. The van der Waals surface area contributed by atoms with E-state index in [1.165, 1.54) is 12.1 Å². The van der Waals surface area contributed by atoms with Gasteiger partial charge in [-0.15, -0.1) is 0 Å². The fourth-order valence-corrected chi connectivity index (χ4v) is 3.93. The van der Waals surface area contributed by atoms with E-state index in [0.29, 0.717) is 32.8 Å². The van der Waals surface area contributed by atoms with Gasteiger partial charge in [-0.25, -0.2) is 9.59 Å². The SMILES string of the molecule is C[C@H](C(=O)O)c1ccc2c(-c3c(C(=O)O)ccc4ccccc34)c(C(=O)O)ccc2c1. The lowest BCUT2D eigenvalue weighted by Gasteiger charge is -2.17. The number of hydrogen-bond donors (Lipinski definition) is 3. The molecule has 0 saturated heterocycles. The molecule has 154 valence electrons. The van der Waals surface area contributed by atoms with Crippen molar-refractivity contribution in [2.75, 3.05) is 0 Å². The van der Waals surface area contributed by atoms with Gasteiger partial charge in [0.15, 0.2) is 0 Å². The predicted octanol–water partition coefficient (Wildman–Crippen LogP) is 5.24. The fraction of sp³-hybridized carbons (Fsp3) is 0.0800. The van der Waals surface area contributed by atoms with Crippen LogP contribution in [0.2, 0.25) is 0 Å². The van der Waals surface area contributed by atoms with Crippen molar-refractivity contribution in [3.8, 4) is 11.1 Å². The second-order valence-electron chi connectivity index (χ2n) is 7.35. The highest BCUT2D eigenvalue weighted by Crippen LogP contribution is 2.40. The lowest BCUT2D eigenvalue weighted by Crippen LogP contribution is -2.08. The molecule has 0 saturated carbocycles. The smallest absolute Gasteiger partial charge is 0.336 e. The molecule has 31 heavy (non-hydrogen) atoms. The Morgan fingerprint density at radius 1 is 0.677 bits per heavy atom. The van der Waals surface area contributed by atoms with Crippen LogP contribution >= 0.6 is 0 Å². The van der Waals surface area contributed by atoms with E-state index in [0.717, 1.165) is 5.39 Å². The first-order valence-corrected chi connectivity index (χ1v) is 9.57. The summed E-state index contributed by atoms with van der Waals surface area (Å²) in [6.45, 7) is 1.57. The molecule has 0 radical (unpaired) electrons. The summed E-state index contributed by atoms with van der Waals surface area (Å²) in [5.74, 6) is -4.04. The van der Waals surface area contributed by atoms with Crippen LogP contribution in [-0.2, 0) is 4.79 Å². The lowest BCUT2D eigenvalue weighted by atomic mass is 9.86. The van der Waals surface area contributed by atoms with E-state index >= 15 is 0 Å². The summed E-state index contributed by atoms with van der Waals surface area (Å²) >= 11 is 0. The van der Waals surface area contributed by atoms with E-state index in [2.05, 4.69) is 0 Å². The number of aromatic carboxylic acids is 2. The Balaban J connectivity index is 2.15. The van der Waals surface area contributed by atoms with Crippen molar-refractivity contribution >= 4 is 39.5 Å². The summed E-state index contributed by atoms with van der Waals surface area (Å²) in [5.41, 5.74) is 1.17. The summed E-state index contributed by atoms with van der Waals surface area (Å²) in [4.78, 5) is 35.5. The molecular formula is C25H18O6. The van der Waals surface area contributed by atoms with E-state index in [9.17, 15) is 29.7 Å². The lowest BCUT2D eigenvalue weighted by molar-refractivity contribution is -0.138. The van der Waals surface area contributed by atoms with Crippen LogP contribution in [0.15, 0.2) is 66.7 Å². The maximum Gasteiger partial charge on any atom is 0.336 e. The van der Waals surface area contributed by atoms with Crippen LogP contribution in [0.4, 0.5) is 0 Å². The summed E-state index contributed by atoms with van der Waals surface area (Å²) in [6, 6.07) is 18.4. The molecule has 4 aromatic rings. The van der Waals surface area contributed by atoms with Gasteiger partial charge in [-0.05, 0) is 46.2 Å². The Hall–Kier alpha value is -4.19. The Morgan fingerprint density at radius 3 is 1.81 bits per heavy atom.